The summed E-state index contributed by atoms with van der Waals surface area (Å²) in [6.07, 6.45) is 2.86. The molecule has 1 aromatic rings. The van der Waals surface area contributed by atoms with Crippen LogP contribution in [0.5, 0.6) is 0 Å². The van der Waals surface area contributed by atoms with Crippen LogP contribution < -0.4 is 0 Å². The number of carbonyl (C=O) groups excluding carboxylic acids is 2. The van der Waals surface area contributed by atoms with Gasteiger partial charge in [0.1, 0.15) is 0 Å². The molecule has 0 aromatic heterocycles. The Morgan fingerprint density at radius 3 is 2.26 bits per heavy atom. The molecule has 4 nitrogen and oxygen atoms in total. The van der Waals surface area contributed by atoms with Crippen LogP contribution in [0.15, 0.2) is 46.6 Å². The second kappa shape index (κ2) is 8.52. The zero-order valence-electron chi connectivity index (χ0n) is 10.7. The molecule has 1 aromatic carbocycles. The normalized spacial score (nSPS) is 11.4. The Hall–Kier alpha value is -1.57. The average molecular weight is 374 g/mol. The fourth-order valence-corrected chi connectivity index (χ4v) is 3.36. The quantitative estimate of drug-likeness (QED) is 0.447. The molecule has 1 rings (SSSR count). The molecule has 19 heavy (non-hydrogen) atoms. The van der Waals surface area contributed by atoms with Crippen LogP contribution in [0.4, 0.5) is 0 Å². The van der Waals surface area contributed by atoms with E-state index in [4.69, 9.17) is 0 Å². The minimum absolute atomic E-state index is 0.393. The number of hydrogen-bond acceptors (Lipinski definition) is 4. The van der Waals surface area contributed by atoms with E-state index in [2.05, 4.69) is 9.47 Å². The van der Waals surface area contributed by atoms with Crippen LogP contribution >= 0.6 is 0 Å². The molecular formula is C14H14O4Te. The van der Waals surface area contributed by atoms with Gasteiger partial charge in [-0.15, -0.1) is 0 Å². The van der Waals surface area contributed by atoms with E-state index >= 15 is 0 Å². The molecule has 0 radical (unpaired) electrons. The number of ether oxygens (including phenoxy) is 2. The Balaban J connectivity index is 2.89. The summed E-state index contributed by atoms with van der Waals surface area (Å²) in [5.74, 6) is -0.786. The van der Waals surface area contributed by atoms with Gasteiger partial charge in [-0.25, -0.2) is 0 Å². The summed E-state index contributed by atoms with van der Waals surface area (Å²) < 4.78 is 11.8. The third-order valence-corrected chi connectivity index (χ3v) is 4.62. The molecule has 0 amide bonds. The standard InChI is InChI=1S/C14H14O4Te/c1-17-13(15)8-9-19-12(10-14(16)18-2)11-6-4-3-5-7-11/h3-10H,1-2H3/b9-8-,12-10-. The summed E-state index contributed by atoms with van der Waals surface area (Å²) in [6.45, 7) is 0. The van der Waals surface area contributed by atoms with Crippen molar-refractivity contribution in [1.29, 1.82) is 0 Å². The predicted molar refractivity (Wildman–Crippen MR) is 73.3 cm³/mol. The Morgan fingerprint density at radius 1 is 1.05 bits per heavy atom. The molecule has 0 fully saturated rings. The predicted octanol–water partition coefficient (Wildman–Crippen LogP) is 1.59. The van der Waals surface area contributed by atoms with Gasteiger partial charge in [0.25, 0.3) is 0 Å². The van der Waals surface area contributed by atoms with Crippen molar-refractivity contribution in [3.63, 3.8) is 0 Å². The number of carbonyl (C=O) groups is 2. The van der Waals surface area contributed by atoms with E-state index in [1.54, 1.807) is 4.12 Å². The van der Waals surface area contributed by atoms with Crippen molar-refractivity contribution in [2.75, 3.05) is 14.2 Å². The zero-order valence-corrected chi connectivity index (χ0v) is 13.0. The molecule has 0 aliphatic rings. The molecule has 0 saturated heterocycles. The van der Waals surface area contributed by atoms with Gasteiger partial charge < -0.3 is 0 Å². The van der Waals surface area contributed by atoms with Gasteiger partial charge in [0, 0.05) is 0 Å². The molecule has 0 aliphatic carbocycles. The Bertz CT molecular complexity index is 491. The van der Waals surface area contributed by atoms with Crippen molar-refractivity contribution in [3.8, 4) is 0 Å². The van der Waals surface area contributed by atoms with Crippen LogP contribution in [-0.4, -0.2) is 47.1 Å². The zero-order chi connectivity index (χ0) is 14.1. The summed E-state index contributed by atoms with van der Waals surface area (Å²) in [7, 11) is 2.67. The molecule has 0 bridgehead atoms. The molecule has 0 saturated carbocycles. The van der Waals surface area contributed by atoms with Crippen molar-refractivity contribution in [2.45, 2.75) is 0 Å². The Kier molecular flexibility index (Phi) is 6.94. The summed E-state index contributed by atoms with van der Waals surface area (Å²) >= 11 is -0.813. The van der Waals surface area contributed by atoms with Crippen LogP contribution in [-0.2, 0) is 19.1 Å². The number of hydrogen-bond donors (Lipinski definition) is 0. The van der Waals surface area contributed by atoms with E-state index in [0.717, 1.165) is 9.18 Å². The van der Waals surface area contributed by atoms with Crippen LogP contribution in [0.2, 0.25) is 0 Å². The molecule has 0 aliphatic heterocycles. The maximum atomic E-state index is 11.4. The number of rotatable bonds is 5. The van der Waals surface area contributed by atoms with Crippen LogP contribution in [0.1, 0.15) is 5.56 Å². The van der Waals surface area contributed by atoms with Gasteiger partial charge in [0.05, 0.1) is 0 Å². The fourth-order valence-electron chi connectivity index (χ4n) is 1.18. The Morgan fingerprint density at radius 2 is 1.68 bits per heavy atom. The van der Waals surface area contributed by atoms with Crippen molar-refractivity contribution >= 4 is 36.5 Å². The molecule has 0 heterocycles. The third kappa shape index (κ3) is 5.73. The van der Waals surface area contributed by atoms with E-state index in [1.807, 2.05) is 30.3 Å². The van der Waals surface area contributed by atoms with E-state index in [0.29, 0.717) is 0 Å². The van der Waals surface area contributed by atoms with Crippen molar-refractivity contribution in [2.24, 2.45) is 0 Å². The van der Waals surface area contributed by atoms with Gasteiger partial charge >= 0.3 is 122 Å². The van der Waals surface area contributed by atoms with E-state index in [1.165, 1.54) is 26.4 Å². The van der Waals surface area contributed by atoms with Gasteiger partial charge in [-0.3, -0.25) is 0 Å². The van der Waals surface area contributed by atoms with Gasteiger partial charge in [-0.1, -0.05) is 0 Å². The van der Waals surface area contributed by atoms with Gasteiger partial charge in [-0.05, 0) is 0 Å². The van der Waals surface area contributed by atoms with Gasteiger partial charge in [0.15, 0.2) is 0 Å². The molecule has 0 spiro atoms. The number of benzene rings is 1. The van der Waals surface area contributed by atoms with E-state index in [-0.39, 0.29) is 0 Å². The van der Waals surface area contributed by atoms with Crippen LogP contribution in [0, 0.1) is 0 Å². The first-order chi connectivity index (χ1) is 9.17. The maximum absolute atomic E-state index is 11.4. The van der Waals surface area contributed by atoms with Crippen LogP contribution in [0.25, 0.3) is 3.62 Å². The van der Waals surface area contributed by atoms with Crippen molar-refractivity contribution in [3.05, 3.63) is 52.2 Å². The first-order valence-electron chi connectivity index (χ1n) is 5.43. The molecule has 5 heteroatoms. The number of esters is 2. The van der Waals surface area contributed by atoms with Crippen LogP contribution in [0.3, 0.4) is 0 Å². The molecule has 100 valence electrons. The SMILES string of the molecule is COC(=O)/C=C\[Te]/C(=C\C(=O)OC)c1ccccc1. The van der Waals surface area contributed by atoms with Gasteiger partial charge in [0.2, 0.25) is 0 Å². The summed E-state index contributed by atoms with van der Waals surface area (Å²) in [4.78, 5) is 22.4. The first kappa shape index (κ1) is 15.5. The van der Waals surface area contributed by atoms with E-state index in [9.17, 15) is 9.59 Å². The van der Waals surface area contributed by atoms with E-state index < -0.39 is 32.9 Å². The topological polar surface area (TPSA) is 52.6 Å². The Labute approximate surface area is 122 Å². The monoisotopic (exact) mass is 376 g/mol. The molecule has 0 N–H and O–H groups in total. The minimum atomic E-state index is -0.813. The van der Waals surface area contributed by atoms with Gasteiger partial charge in [-0.2, -0.15) is 0 Å². The average Bonchev–Trinajstić information content (AvgIpc) is 2.46. The second-order valence-corrected chi connectivity index (χ2v) is 6.05. The van der Waals surface area contributed by atoms with Crippen molar-refractivity contribution in [1.82, 2.24) is 0 Å². The fraction of sp³-hybridized carbons (Fsp3) is 0.143. The number of methoxy groups -OCH3 is 2. The summed E-state index contributed by atoms with van der Waals surface area (Å²) in [6, 6.07) is 9.55. The van der Waals surface area contributed by atoms with Crippen molar-refractivity contribution < 1.29 is 19.1 Å². The molecular weight excluding hydrogens is 360 g/mol. The second-order valence-electron chi connectivity index (χ2n) is 3.34. The third-order valence-electron chi connectivity index (χ3n) is 2.11. The first-order valence-corrected chi connectivity index (χ1v) is 7.94. The molecule has 0 unspecified atom stereocenters. The molecule has 0 atom stereocenters. The summed E-state index contributed by atoms with van der Waals surface area (Å²) in [5, 5.41) is 0. The summed E-state index contributed by atoms with van der Waals surface area (Å²) in [5.41, 5.74) is 0.963.